The van der Waals surface area contributed by atoms with Crippen molar-refractivity contribution >= 4 is 72.3 Å². The lowest BCUT2D eigenvalue weighted by Gasteiger charge is -2.28. The van der Waals surface area contributed by atoms with Crippen molar-refractivity contribution in [3.05, 3.63) is 33.4 Å². The number of aliphatic hydroxyl groups excluding tert-OH is 2. The first kappa shape index (κ1) is 31.7. The Balaban J connectivity index is 1.18. The van der Waals surface area contributed by atoms with Gasteiger partial charge in [0.1, 0.15) is 36.6 Å². The van der Waals surface area contributed by atoms with Gasteiger partial charge in [0.15, 0.2) is 34.8 Å². The van der Waals surface area contributed by atoms with Crippen LogP contribution in [-0.4, -0.2) is 99.1 Å². The molecule has 3 fully saturated rings. The summed E-state index contributed by atoms with van der Waals surface area (Å²) in [5.74, 6) is -0.460. The third-order valence-corrected chi connectivity index (χ3v) is 10.6. The molecule has 46 heavy (non-hydrogen) atoms. The van der Waals surface area contributed by atoms with E-state index in [1.165, 1.54) is 9.13 Å². The first-order valence-electron chi connectivity index (χ1n) is 13.1. The van der Waals surface area contributed by atoms with Crippen molar-refractivity contribution < 1.29 is 46.9 Å². The largest absolute Gasteiger partial charge is 0.386 e. The lowest BCUT2D eigenvalue weighted by molar-refractivity contribution is -0.0561. The normalized spacial score (nSPS) is 37.1. The van der Waals surface area contributed by atoms with Crippen LogP contribution in [0.5, 0.6) is 0 Å². The number of hydrogen-bond donors (Lipinski definition) is 8. The number of thiol groups is 2. The monoisotopic (exact) mass is 722 g/mol. The van der Waals surface area contributed by atoms with Crippen molar-refractivity contribution in [3.8, 4) is 0 Å². The van der Waals surface area contributed by atoms with E-state index in [4.69, 9.17) is 39.0 Å². The summed E-state index contributed by atoms with van der Waals surface area (Å²) in [6.07, 6.45) is -9.18. The molecule has 26 heteroatoms. The molecule has 4 aromatic heterocycles. The quantitative estimate of drug-likeness (QED) is 0.0892. The summed E-state index contributed by atoms with van der Waals surface area (Å²) < 4.78 is 63.2. The van der Waals surface area contributed by atoms with Gasteiger partial charge in [-0.3, -0.25) is 46.8 Å². The Bertz CT molecular complexity index is 1910. The van der Waals surface area contributed by atoms with Crippen LogP contribution in [0.2, 0.25) is 0 Å². The van der Waals surface area contributed by atoms with E-state index in [9.17, 15) is 28.9 Å². The molecule has 0 spiro atoms. The van der Waals surface area contributed by atoms with Crippen LogP contribution in [-0.2, 0) is 36.7 Å². The number of nitrogen functional groups attached to an aromatic ring is 2. The maximum atomic E-state index is 13.4. The molecule has 0 amide bonds. The SMILES string of the molecule is Nc1nc2c(ncn2[C@@H]2O[C@H]3CO[P@](=O)(S)OC4C(O)[C@H](n5cnc6c(=O)[nH]c(N)nc65)O[C@@H]4CO[P@@](=O)(S)OC3C2O)c(=O)[nH]1. The molecule has 248 valence electrons. The smallest absolute Gasteiger partial charge is 0.386 e. The molecule has 22 nitrogen and oxygen atoms in total. The predicted molar refractivity (Wildman–Crippen MR) is 160 cm³/mol. The summed E-state index contributed by atoms with van der Waals surface area (Å²) in [5.41, 5.74) is 9.74. The molecule has 4 aromatic rings. The Hall–Kier alpha value is -2.86. The average Bonchev–Trinajstić information content (AvgIpc) is 3.72. The number of H-pyrrole nitrogens is 2. The van der Waals surface area contributed by atoms with Crippen molar-refractivity contribution in [2.24, 2.45) is 0 Å². The Labute approximate surface area is 265 Å². The number of nitrogens with two attached hydrogens (primary N) is 2. The second kappa shape index (κ2) is 11.4. The van der Waals surface area contributed by atoms with E-state index in [1.54, 1.807) is 0 Å². The van der Waals surface area contributed by atoms with Gasteiger partial charge < -0.3 is 31.2 Å². The summed E-state index contributed by atoms with van der Waals surface area (Å²) in [6, 6.07) is 0. The van der Waals surface area contributed by atoms with Crippen LogP contribution in [0.1, 0.15) is 12.5 Å². The van der Waals surface area contributed by atoms with E-state index in [0.29, 0.717) is 0 Å². The number of aromatic amines is 2. The average molecular weight is 723 g/mol. The lowest BCUT2D eigenvalue weighted by Crippen LogP contribution is -2.38. The molecule has 3 aliphatic heterocycles. The second-order valence-corrected chi connectivity index (χ2v) is 16.1. The van der Waals surface area contributed by atoms with E-state index < -0.39 is 87.0 Å². The number of nitrogens with one attached hydrogen (secondary N) is 2. The molecular formula is C20H24N10O12P2S2. The standard InChI is InChI=1S/C20H24N10O12P2S2/c21-19-25-13-7(15(33)27-19)23-3-29(13)17-9(31)11-5(39-17)1-37-43(35,45)42-12-6(2-38-44(36,46)41-11)40-18(10(12)32)30-4-24-8-14(30)26-20(22)28-16(8)34/h3-6,9-12,17-18,31-32H,1-2H2,(H,35,45)(H,36,46)(H3,21,25,27,33)(H3,22,26,28,34)/t5-,6+,9?,10?,11?,12?,17-,18-,43-,44+/m1/s1. The summed E-state index contributed by atoms with van der Waals surface area (Å²) in [7, 11) is 0. The summed E-state index contributed by atoms with van der Waals surface area (Å²) in [4.78, 5) is 45.2. The summed E-state index contributed by atoms with van der Waals surface area (Å²) >= 11 is 8.07. The van der Waals surface area contributed by atoms with Crippen LogP contribution in [0.25, 0.3) is 22.3 Å². The highest BCUT2D eigenvalue weighted by Gasteiger charge is 2.53. The minimum Gasteiger partial charge on any atom is -0.386 e. The zero-order chi connectivity index (χ0) is 32.7. The molecule has 3 aliphatic rings. The predicted octanol–water partition coefficient (Wildman–Crippen LogP) is -1.17. The van der Waals surface area contributed by atoms with Crippen molar-refractivity contribution in [3.63, 3.8) is 0 Å². The van der Waals surface area contributed by atoms with Gasteiger partial charge in [-0.05, 0) is 0 Å². The van der Waals surface area contributed by atoms with Gasteiger partial charge in [-0.25, -0.2) is 19.1 Å². The molecular weight excluding hydrogens is 698 g/mol. The zero-order valence-electron chi connectivity index (χ0n) is 22.8. The fraction of sp³-hybridized carbons (Fsp3) is 0.500. The van der Waals surface area contributed by atoms with Crippen molar-refractivity contribution in [1.82, 2.24) is 39.0 Å². The van der Waals surface area contributed by atoms with Gasteiger partial charge in [-0.15, -0.1) is 0 Å². The van der Waals surface area contributed by atoms with Gasteiger partial charge >= 0.3 is 13.6 Å². The van der Waals surface area contributed by atoms with Gasteiger partial charge in [0.25, 0.3) is 11.1 Å². The number of anilines is 2. The van der Waals surface area contributed by atoms with E-state index in [1.807, 2.05) is 0 Å². The minimum atomic E-state index is -4.36. The number of aromatic nitrogens is 8. The molecule has 0 aliphatic carbocycles. The number of nitrogens with zero attached hydrogens (tertiary/aromatic N) is 6. The maximum absolute atomic E-state index is 13.4. The highest BCUT2D eigenvalue weighted by atomic mass is 32.7. The number of hydrogen-bond acceptors (Lipinski definition) is 18. The van der Waals surface area contributed by atoms with Gasteiger partial charge in [0.2, 0.25) is 11.9 Å². The first-order chi connectivity index (χ1) is 21.7. The van der Waals surface area contributed by atoms with Crippen LogP contribution in [0.15, 0.2) is 22.2 Å². The Kier molecular flexibility index (Phi) is 7.85. The van der Waals surface area contributed by atoms with Crippen molar-refractivity contribution in [1.29, 1.82) is 0 Å². The molecule has 0 aromatic carbocycles. The molecule has 4 unspecified atom stereocenters. The number of imidazole rings is 2. The second-order valence-electron chi connectivity index (χ2n) is 10.3. The molecule has 0 bridgehead atoms. The van der Waals surface area contributed by atoms with Gasteiger partial charge in [-0.2, -0.15) is 9.97 Å². The molecule has 10 atom stereocenters. The van der Waals surface area contributed by atoms with E-state index >= 15 is 0 Å². The number of ether oxygens (including phenoxy) is 2. The van der Waals surface area contributed by atoms with Crippen molar-refractivity contribution in [2.75, 3.05) is 24.7 Å². The third kappa shape index (κ3) is 5.56. The number of aliphatic hydroxyl groups is 2. The first-order valence-corrected chi connectivity index (χ1v) is 18.5. The zero-order valence-corrected chi connectivity index (χ0v) is 26.4. The number of fused-ring (bicyclic) bond motifs is 4. The van der Waals surface area contributed by atoms with Gasteiger partial charge in [0, 0.05) is 0 Å². The van der Waals surface area contributed by atoms with Crippen LogP contribution in [0, 0.1) is 0 Å². The van der Waals surface area contributed by atoms with Crippen LogP contribution in [0.4, 0.5) is 11.9 Å². The Morgan fingerprint density at radius 3 is 1.57 bits per heavy atom. The maximum Gasteiger partial charge on any atom is 0.386 e. The molecule has 0 saturated carbocycles. The lowest BCUT2D eigenvalue weighted by atomic mass is 10.1. The fourth-order valence-corrected chi connectivity index (χ4v) is 8.37. The highest BCUT2D eigenvalue weighted by molar-refractivity contribution is 8.44. The minimum absolute atomic E-state index is 0.0429. The third-order valence-electron chi connectivity index (χ3n) is 7.38. The molecule has 0 radical (unpaired) electrons. The molecule has 3 saturated heterocycles. The number of rotatable bonds is 2. The summed E-state index contributed by atoms with van der Waals surface area (Å²) in [6.45, 7) is -9.96. The highest BCUT2D eigenvalue weighted by Crippen LogP contribution is 2.60. The summed E-state index contributed by atoms with van der Waals surface area (Å²) in [5, 5.41) is 22.5. The van der Waals surface area contributed by atoms with Crippen LogP contribution < -0.4 is 22.6 Å². The fourth-order valence-electron chi connectivity index (χ4n) is 5.39. The molecule has 7 heterocycles. The van der Waals surface area contributed by atoms with Gasteiger partial charge in [0.05, 0.1) is 25.9 Å². The van der Waals surface area contributed by atoms with Crippen LogP contribution in [0.3, 0.4) is 0 Å². The Morgan fingerprint density at radius 1 is 0.783 bits per heavy atom. The van der Waals surface area contributed by atoms with E-state index in [2.05, 4.69) is 54.4 Å². The molecule has 7 rings (SSSR count). The van der Waals surface area contributed by atoms with Crippen molar-refractivity contribution in [2.45, 2.75) is 49.1 Å². The Morgan fingerprint density at radius 2 is 1.17 bits per heavy atom. The van der Waals surface area contributed by atoms with E-state index in [-0.39, 0.29) is 34.2 Å². The topological polar surface area (TPSA) is 309 Å². The van der Waals surface area contributed by atoms with Crippen LogP contribution >= 0.6 is 38.1 Å². The van der Waals surface area contributed by atoms with Gasteiger partial charge in [-0.1, -0.05) is 24.5 Å². The van der Waals surface area contributed by atoms with E-state index in [0.717, 1.165) is 12.7 Å². The molecule has 8 N–H and O–H groups in total.